The van der Waals surface area contributed by atoms with Crippen LogP contribution in [0.4, 0.5) is 5.69 Å². The number of aromatic amines is 1. The van der Waals surface area contributed by atoms with Crippen LogP contribution in [-0.2, 0) is 4.79 Å². The molecule has 0 spiro atoms. The Kier molecular flexibility index (Phi) is 2.53. The number of aromatic nitrogens is 2. The zero-order valence-electron chi connectivity index (χ0n) is 10.7. The first-order chi connectivity index (χ1) is 9.16. The van der Waals surface area contributed by atoms with Gasteiger partial charge >= 0.3 is 0 Å². The van der Waals surface area contributed by atoms with Crippen LogP contribution < -0.4 is 4.90 Å². The predicted molar refractivity (Wildman–Crippen MR) is 71.4 cm³/mol. The van der Waals surface area contributed by atoms with Crippen molar-refractivity contribution >= 4 is 22.6 Å². The SMILES string of the molecule is CN(C(=O)C1(C#N)CCC1)c1ccc2nc[nH]c2c1. The van der Waals surface area contributed by atoms with Crippen molar-refractivity contribution in [2.45, 2.75) is 19.3 Å². The van der Waals surface area contributed by atoms with Crippen molar-refractivity contribution in [2.24, 2.45) is 5.41 Å². The largest absolute Gasteiger partial charge is 0.345 e. The molecule has 1 aliphatic rings. The Balaban J connectivity index is 1.93. The summed E-state index contributed by atoms with van der Waals surface area (Å²) in [6, 6.07) is 7.78. The molecular weight excluding hydrogens is 240 g/mol. The van der Waals surface area contributed by atoms with E-state index in [1.165, 1.54) is 0 Å². The Morgan fingerprint density at radius 3 is 2.95 bits per heavy atom. The minimum Gasteiger partial charge on any atom is -0.345 e. The van der Waals surface area contributed by atoms with Crippen molar-refractivity contribution in [3.8, 4) is 6.07 Å². The van der Waals surface area contributed by atoms with Gasteiger partial charge in [0.25, 0.3) is 0 Å². The molecule has 1 amide bonds. The Morgan fingerprint density at radius 1 is 1.53 bits per heavy atom. The number of fused-ring (bicyclic) bond motifs is 1. The summed E-state index contributed by atoms with van der Waals surface area (Å²) in [4.78, 5) is 21.2. The van der Waals surface area contributed by atoms with E-state index in [9.17, 15) is 10.1 Å². The molecule has 0 atom stereocenters. The number of imidazole rings is 1. The molecule has 1 heterocycles. The van der Waals surface area contributed by atoms with Crippen LogP contribution in [0.2, 0.25) is 0 Å². The van der Waals surface area contributed by atoms with E-state index in [2.05, 4.69) is 16.0 Å². The summed E-state index contributed by atoms with van der Waals surface area (Å²) in [7, 11) is 1.72. The standard InChI is InChI=1S/C14H14N4O/c1-18(13(19)14(8-15)5-2-6-14)10-3-4-11-12(7-10)17-9-16-11/h3-4,7,9H,2,5-6H2,1H3,(H,16,17). The summed E-state index contributed by atoms with van der Waals surface area (Å²) in [5, 5.41) is 9.23. The number of nitrogens with zero attached hydrogens (tertiary/aromatic N) is 3. The fourth-order valence-corrected chi connectivity index (χ4v) is 2.47. The average molecular weight is 254 g/mol. The molecule has 19 heavy (non-hydrogen) atoms. The van der Waals surface area contributed by atoms with Crippen molar-refractivity contribution < 1.29 is 4.79 Å². The van der Waals surface area contributed by atoms with E-state index >= 15 is 0 Å². The maximum Gasteiger partial charge on any atom is 0.247 e. The van der Waals surface area contributed by atoms with Crippen LogP contribution >= 0.6 is 0 Å². The van der Waals surface area contributed by atoms with E-state index in [1.54, 1.807) is 18.3 Å². The van der Waals surface area contributed by atoms with Crippen LogP contribution in [0, 0.1) is 16.7 Å². The molecule has 1 saturated carbocycles. The highest BCUT2D eigenvalue weighted by atomic mass is 16.2. The number of hydrogen-bond donors (Lipinski definition) is 1. The molecule has 1 aliphatic carbocycles. The maximum atomic E-state index is 12.4. The lowest BCUT2D eigenvalue weighted by Gasteiger charge is -2.36. The molecular formula is C14H14N4O. The van der Waals surface area contributed by atoms with Crippen molar-refractivity contribution in [1.82, 2.24) is 9.97 Å². The van der Waals surface area contributed by atoms with Gasteiger partial charge in [0.05, 0.1) is 23.4 Å². The molecule has 0 bridgehead atoms. The fraction of sp³-hybridized carbons (Fsp3) is 0.357. The van der Waals surface area contributed by atoms with Gasteiger partial charge in [-0.3, -0.25) is 4.79 Å². The van der Waals surface area contributed by atoms with Crippen LogP contribution in [-0.4, -0.2) is 22.9 Å². The lowest BCUT2D eigenvalue weighted by molar-refractivity contribution is -0.128. The van der Waals surface area contributed by atoms with E-state index in [0.29, 0.717) is 12.8 Å². The first-order valence-electron chi connectivity index (χ1n) is 6.29. The number of nitriles is 1. The molecule has 1 N–H and O–H groups in total. The molecule has 0 unspecified atom stereocenters. The van der Waals surface area contributed by atoms with Crippen molar-refractivity contribution in [2.75, 3.05) is 11.9 Å². The second kappa shape index (κ2) is 4.09. The summed E-state index contributed by atoms with van der Waals surface area (Å²) in [5.41, 5.74) is 1.72. The van der Waals surface area contributed by atoms with Gasteiger partial charge in [-0.25, -0.2) is 4.98 Å². The normalized spacial score (nSPS) is 16.6. The molecule has 2 aromatic rings. The molecule has 0 saturated heterocycles. The quantitative estimate of drug-likeness (QED) is 0.893. The number of carbonyl (C=O) groups is 1. The summed E-state index contributed by atoms with van der Waals surface area (Å²) < 4.78 is 0. The number of amides is 1. The Morgan fingerprint density at radius 2 is 2.32 bits per heavy atom. The number of hydrogen-bond acceptors (Lipinski definition) is 3. The van der Waals surface area contributed by atoms with E-state index in [-0.39, 0.29) is 5.91 Å². The lowest BCUT2D eigenvalue weighted by Crippen LogP contribution is -2.45. The lowest BCUT2D eigenvalue weighted by atomic mass is 9.69. The molecule has 1 aromatic carbocycles. The van der Waals surface area contributed by atoms with Gasteiger partial charge in [-0.05, 0) is 37.5 Å². The second-order valence-electron chi connectivity index (χ2n) is 5.02. The summed E-state index contributed by atoms with van der Waals surface area (Å²) in [5.74, 6) is -0.111. The molecule has 96 valence electrons. The van der Waals surface area contributed by atoms with Gasteiger partial charge in [0.1, 0.15) is 5.41 Å². The molecule has 0 aliphatic heterocycles. The van der Waals surface area contributed by atoms with E-state index in [4.69, 9.17) is 0 Å². The minimum absolute atomic E-state index is 0.111. The molecule has 1 aromatic heterocycles. The minimum atomic E-state index is -0.808. The van der Waals surface area contributed by atoms with E-state index in [1.807, 2.05) is 18.2 Å². The first kappa shape index (κ1) is 11.7. The van der Waals surface area contributed by atoms with Gasteiger partial charge in [-0.15, -0.1) is 0 Å². The molecule has 1 fully saturated rings. The topological polar surface area (TPSA) is 72.8 Å². The van der Waals surface area contributed by atoms with Gasteiger partial charge in [-0.2, -0.15) is 5.26 Å². The monoisotopic (exact) mass is 254 g/mol. The van der Waals surface area contributed by atoms with Crippen molar-refractivity contribution in [3.63, 3.8) is 0 Å². The number of anilines is 1. The van der Waals surface area contributed by atoms with Crippen LogP contribution in [0.15, 0.2) is 24.5 Å². The highest BCUT2D eigenvalue weighted by molar-refractivity contribution is 6.00. The van der Waals surface area contributed by atoms with Crippen LogP contribution in [0.25, 0.3) is 11.0 Å². The highest BCUT2D eigenvalue weighted by Crippen LogP contribution is 2.42. The Labute approximate surface area is 110 Å². The summed E-state index contributed by atoms with van der Waals surface area (Å²) in [6.45, 7) is 0. The van der Waals surface area contributed by atoms with Gasteiger partial charge < -0.3 is 9.88 Å². The van der Waals surface area contributed by atoms with E-state index in [0.717, 1.165) is 23.1 Å². The maximum absolute atomic E-state index is 12.4. The molecule has 5 heteroatoms. The van der Waals surface area contributed by atoms with Crippen LogP contribution in [0.5, 0.6) is 0 Å². The van der Waals surface area contributed by atoms with Crippen molar-refractivity contribution in [3.05, 3.63) is 24.5 Å². The van der Waals surface area contributed by atoms with Gasteiger partial charge in [0.2, 0.25) is 5.91 Å². The van der Waals surface area contributed by atoms with Crippen molar-refractivity contribution in [1.29, 1.82) is 5.26 Å². The van der Waals surface area contributed by atoms with Gasteiger partial charge in [0, 0.05) is 12.7 Å². The number of benzene rings is 1. The Hall–Kier alpha value is -2.35. The third-order valence-electron chi connectivity index (χ3n) is 3.93. The average Bonchev–Trinajstić information content (AvgIpc) is 2.84. The summed E-state index contributed by atoms with van der Waals surface area (Å²) in [6.07, 6.45) is 3.91. The second-order valence-corrected chi connectivity index (χ2v) is 5.02. The summed E-state index contributed by atoms with van der Waals surface area (Å²) >= 11 is 0. The number of carbonyl (C=O) groups excluding carboxylic acids is 1. The van der Waals surface area contributed by atoms with Gasteiger partial charge in [-0.1, -0.05) is 0 Å². The molecule has 0 radical (unpaired) electrons. The smallest absolute Gasteiger partial charge is 0.247 e. The zero-order chi connectivity index (χ0) is 13.5. The van der Waals surface area contributed by atoms with Crippen LogP contribution in [0.3, 0.4) is 0 Å². The highest BCUT2D eigenvalue weighted by Gasteiger charge is 2.46. The molecule has 5 nitrogen and oxygen atoms in total. The zero-order valence-corrected chi connectivity index (χ0v) is 10.7. The predicted octanol–water partition coefficient (Wildman–Crippen LogP) is 2.22. The number of nitrogens with one attached hydrogen (secondary N) is 1. The van der Waals surface area contributed by atoms with Gasteiger partial charge in [0.15, 0.2) is 0 Å². The third-order valence-corrected chi connectivity index (χ3v) is 3.93. The molecule has 3 rings (SSSR count). The Bertz CT molecular complexity index is 678. The number of rotatable bonds is 2. The van der Waals surface area contributed by atoms with Crippen LogP contribution in [0.1, 0.15) is 19.3 Å². The fourth-order valence-electron chi connectivity index (χ4n) is 2.47. The number of H-pyrrole nitrogens is 1. The third kappa shape index (κ3) is 1.68. The first-order valence-corrected chi connectivity index (χ1v) is 6.29. The van der Waals surface area contributed by atoms with E-state index < -0.39 is 5.41 Å².